The maximum absolute atomic E-state index is 5.76. The molecule has 0 aliphatic carbocycles. The van der Waals surface area contributed by atoms with Crippen molar-refractivity contribution in [1.82, 2.24) is 4.98 Å². The summed E-state index contributed by atoms with van der Waals surface area (Å²) in [5.41, 5.74) is 7.07. The number of hydrogen-bond acceptors (Lipinski definition) is 2. The average molecular weight is 178 g/mol. The summed E-state index contributed by atoms with van der Waals surface area (Å²) in [5, 5.41) is 0. The lowest BCUT2D eigenvalue weighted by molar-refractivity contribution is 0.451. The summed E-state index contributed by atoms with van der Waals surface area (Å²) in [4.78, 5) is 4.01. The number of nitrogens with zero attached hydrogens (tertiary/aromatic N) is 1. The van der Waals surface area contributed by atoms with Crippen molar-refractivity contribution >= 4 is 0 Å². The molecule has 2 N–H and O–H groups in total. The zero-order valence-electron chi connectivity index (χ0n) is 8.40. The van der Waals surface area contributed by atoms with Crippen LogP contribution in [0.2, 0.25) is 0 Å². The molecule has 0 aromatic carbocycles. The van der Waals surface area contributed by atoms with Gasteiger partial charge in [0.15, 0.2) is 0 Å². The summed E-state index contributed by atoms with van der Waals surface area (Å²) in [6, 6.07) is 4.12. The van der Waals surface area contributed by atoms with Crippen LogP contribution in [-0.2, 0) is 0 Å². The van der Waals surface area contributed by atoms with Gasteiger partial charge in [0, 0.05) is 12.4 Å². The molecule has 0 saturated carbocycles. The van der Waals surface area contributed by atoms with Gasteiger partial charge in [-0.05, 0) is 36.1 Å². The van der Waals surface area contributed by atoms with Crippen LogP contribution in [0, 0.1) is 5.92 Å². The predicted molar refractivity (Wildman–Crippen MR) is 55.5 cm³/mol. The minimum atomic E-state index is 0.480. The SMILES string of the molecule is CCC(C)C(CN)c1ccncc1. The van der Waals surface area contributed by atoms with Gasteiger partial charge in [0.2, 0.25) is 0 Å². The van der Waals surface area contributed by atoms with E-state index in [4.69, 9.17) is 5.73 Å². The van der Waals surface area contributed by atoms with Gasteiger partial charge in [0.1, 0.15) is 0 Å². The van der Waals surface area contributed by atoms with E-state index in [1.165, 1.54) is 12.0 Å². The summed E-state index contributed by atoms with van der Waals surface area (Å²) in [5.74, 6) is 1.13. The molecular weight excluding hydrogens is 160 g/mol. The van der Waals surface area contributed by atoms with Crippen LogP contribution >= 0.6 is 0 Å². The van der Waals surface area contributed by atoms with Crippen molar-refractivity contribution in [2.45, 2.75) is 26.2 Å². The minimum Gasteiger partial charge on any atom is -0.330 e. The van der Waals surface area contributed by atoms with E-state index in [9.17, 15) is 0 Å². The fourth-order valence-electron chi connectivity index (χ4n) is 1.59. The van der Waals surface area contributed by atoms with E-state index in [1.54, 1.807) is 0 Å². The molecule has 13 heavy (non-hydrogen) atoms. The largest absolute Gasteiger partial charge is 0.330 e. The first-order chi connectivity index (χ1) is 6.29. The lowest BCUT2D eigenvalue weighted by atomic mass is 9.86. The maximum atomic E-state index is 5.76. The van der Waals surface area contributed by atoms with Crippen molar-refractivity contribution in [2.24, 2.45) is 11.7 Å². The Morgan fingerprint density at radius 2 is 2.00 bits per heavy atom. The van der Waals surface area contributed by atoms with E-state index in [0.717, 1.165) is 6.54 Å². The second-order valence-corrected chi connectivity index (χ2v) is 3.51. The van der Waals surface area contributed by atoms with Crippen molar-refractivity contribution in [3.63, 3.8) is 0 Å². The third kappa shape index (κ3) is 2.52. The van der Waals surface area contributed by atoms with Crippen LogP contribution in [0.1, 0.15) is 31.7 Å². The van der Waals surface area contributed by atoms with Crippen molar-refractivity contribution in [3.05, 3.63) is 30.1 Å². The third-order valence-corrected chi connectivity index (χ3v) is 2.72. The second kappa shape index (κ2) is 4.97. The lowest BCUT2D eigenvalue weighted by Gasteiger charge is -2.21. The molecule has 1 rings (SSSR count). The molecular formula is C11H18N2. The van der Waals surface area contributed by atoms with E-state index >= 15 is 0 Å². The van der Waals surface area contributed by atoms with Crippen molar-refractivity contribution in [2.75, 3.05) is 6.54 Å². The number of pyridine rings is 1. The van der Waals surface area contributed by atoms with E-state index in [1.807, 2.05) is 12.4 Å². The Morgan fingerprint density at radius 3 is 2.46 bits per heavy atom. The van der Waals surface area contributed by atoms with Crippen molar-refractivity contribution < 1.29 is 0 Å². The first kappa shape index (κ1) is 10.2. The molecule has 0 spiro atoms. The summed E-state index contributed by atoms with van der Waals surface area (Å²) < 4.78 is 0. The Balaban J connectivity index is 2.78. The Morgan fingerprint density at radius 1 is 1.38 bits per heavy atom. The first-order valence-electron chi connectivity index (χ1n) is 4.89. The topological polar surface area (TPSA) is 38.9 Å². The van der Waals surface area contributed by atoms with Crippen molar-refractivity contribution in [3.8, 4) is 0 Å². The second-order valence-electron chi connectivity index (χ2n) is 3.51. The van der Waals surface area contributed by atoms with E-state index in [2.05, 4.69) is 31.0 Å². The Bertz CT molecular complexity index is 233. The zero-order chi connectivity index (χ0) is 9.68. The molecule has 0 aliphatic rings. The molecule has 2 heteroatoms. The highest BCUT2D eigenvalue weighted by atomic mass is 14.6. The molecule has 0 fully saturated rings. The van der Waals surface area contributed by atoms with Crippen molar-refractivity contribution in [1.29, 1.82) is 0 Å². The molecule has 0 aliphatic heterocycles. The Hall–Kier alpha value is -0.890. The molecule has 72 valence electrons. The van der Waals surface area contributed by atoms with Gasteiger partial charge >= 0.3 is 0 Å². The van der Waals surface area contributed by atoms with Crippen LogP contribution in [0.3, 0.4) is 0 Å². The van der Waals surface area contributed by atoms with Gasteiger partial charge in [-0.15, -0.1) is 0 Å². The number of nitrogens with two attached hydrogens (primary N) is 1. The summed E-state index contributed by atoms with van der Waals surface area (Å²) >= 11 is 0. The van der Waals surface area contributed by atoms with Crippen LogP contribution in [0.15, 0.2) is 24.5 Å². The summed E-state index contributed by atoms with van der Waals surface area (Å²) in [6.07, 6.45) is 4.84. The number of aromatic nitrogens is 1. The molecule has 0 radical (unpaired) electrons. The van der Waals surface area contributed by atoms with E-state index in [0.29, 0.717) is 11.8 Å². The quantitative estimate of drug-likeness (QED) is 0.767. The molecule has 1 heterocycles. The van der Waals surface area contributed by atoms with Crippen LogP contribution in [0.5, 0.6) is 0 Å². The summed E-state index contributed by atoms with van der Waals surface area (Å²) in [7, 11) is 0. The van der Waals surface area contributed by atoms with E-state index < -0.39 is 0 Å². The van der Waals surface area contributed by atoms with Gasteiger partial charge in [-0.25, -0.2) is 0 Å². The molecule has 1 aromatic heterocycles. The maximum Gasteiger partial charge on any atom is 0.0270 e. The minimum absolute atomic E-state index is 0.480. The monoisotopic (exact) mass is 178 g/mol. The van der Waals surface area contributed by atoms with Crippen LogP contribution < -0.4 is 5.73 Å². The Kier molecular flexibility index (Phi) is 3.90. The lowest BCUT2D eigenvalue weighted by Crippen LogP contribution is -2.19. The van der Waals surface area contributed by atoms with Gasteiger partial charge < -0.3 is 5.73 Å². The average Bonchev–Trinajstić information content (AvgIpc) is 2.20. The van der Waals surface area contributed by atoms with Crippen LogP contribution in [0.25, 0.3) is 0 Å². The van der Waals surface area contributed by atoms with Gasteiger partial charge in [-0.3, -0.25) is 4.98 Å². The molecule has 2 unspecified atom stereocenters. The first-order valence-corrected chi connectivity index (χ1v) is 4.89. The predicted octanol–water partition coefficient (Wildman–Crippen LogP) is 2.17. The third-order valence-electron chi connectivity index (χ3n) is 2.72. The highest BCUT2D eigenvalue weighted by Gasteiger charge is 2.15. The standard InChI is InChI=1S/C11H18N2/c1-3-9(2)11(8-12)10-4-6-13-7-5-10/h4-7,9,11H,3,8,12H2,1-2H3. The van der Waals surface area contributed by atoms with Crippen LogP contribution in [0.4, 0.5) is 0 Å². The van der Waals surface area contributed by atoms with Gasteiger partial charge in [0.05, 0.1) is 0 Å². The summed E-state index contributed by atoms with van der Waals surface area (Å²) in [6.45, 7) is 5.17. The van der Waals surface area contributed by atoms with Gasteiger partial charge in [-0.2, -0.15) is 0 Å². The molecule has 0 saturated heterocycles. The molecule has 2 atom stereocenters. The molecule has 0 bridgehead atoms. The zero-order valence-corrected chi connectivity index (χ0v) is 8.40. The molecule has 2 nitrogen and oxygen atoms in total. The van der Waals surface area contributed by atoms with Crippen LogP contribution in [-0.4, -0.2) is 11.5 Å². The highest BCUT2D eigenvalue weighted by Crippen LogP contribution is 2.24. The highest BCUT2D eigenvalue weighted by molar-refractivity contribution is 5.16. The smallest absolute Gasteiger partial charge is 0.0270 e. The van der Waals surface area contributed by atoms with Gasteiger partial charge in [-0.1, -0.05) is 20.3 Å². The fraction of sp³-hybridized carbons (Fsp3) is 0.545. The normalized spacial score (nSPS) is 15.3. The van der Waals surface area contributed by atoms with Gasteiger partial charge in [0.25, 0.3) is 0 Å². The number of hydrogen-bond donors (Lipinski definition) is 1. The Labute approximate surface area is 80.2 Å². The fourth-order valence-corrected chi connectivity index (χ4v) is 1.59. The molecule has 1 aromatic rings. The number of rotatable bonds is 4. The molecule has 0 amide bonds. The van der Waals surface area contributed by atoms with E-state index in [-0.39, 0.29) is 0 Å².